The van der Waals surface area contributed by atoms with E-state index >= 15 is 0 Å². The van der Waals surface area contributed by atoms with Crippen LogP contribution in [0.4, 0.5) is 0 Å². The zero-order chi connectivity index (χ0) is 22.6. The van der Waals surface area contributed by atoms with Gasteiger partial charge in [0.2, 0.25) is 0 Å². The summed E-state index contributed by atoms with van der Waals surface area (Å²) in [5, 5.41) is 22.3. The molecule has 4 aliphatic carbocycles. The molecule has 6 fully saturated rings. The normalized spacial score (nSPS) is 61.8. The zero-order valence-corrected chi connectivity index (χ0v) is 20.6. The van der Waals surface area contributed by atoms with Crippen molar-refractivity contribution in [2.45, 2.75) is 103 Å². The number of aliphatic hydroxyl groups is 2. The molecule has 0 aromatic heterocycles. The Morgan fingerprint density at radius 2 is 1.78 bits per heavy atom. The van der Waals surface area contributed by atoms with Crippen molar-refractivity contribution < 1.29 is 19.7 Å². The lowest BCUT2D eigenvalue weighted by Gasteiger charge is -2.63. The van der Waals surface area contributed by atoms with Crippen molar-refractivity contribution in [3.63, 3.8) is 0 Å². The lowest BCUT2D eigenvalue weighted by molar-refractivity contribution is -0.273. The van der Waals surface area contributed by atoms with Crippen molar-refractivity contribution in [2.24, 2.45) is 52.3 Å². The molecule has 0 radical (unpaired) electrons. The molecule has 0 aromatic carbocycles. The van der Waals surface area contributed by atoms with Gasteiger partial charge in [-0.2, -0.15) is 0 Å². The number of fused-ring (bicyclic) bond motifs is 7. The molecule has 6 rings (SSSR count). The van der Waals surface area contributed by atoms with E-state index in [1.165, 1.54) is 12.8 Å². The Balaban J connectivity index is 1.34. The van der Waals surface area contributed by atoms with Crippen LogP contribution in [0, 0.1) is 52.3 Å². The smallest absolute Gasteiger partial charge is 0.171 e. The third kappa shape index (κ3) is 2.64. The van der Waals surface area contributed by atoms with E-state index in [0.717, 1.165) is 50.7 Å². The maximum Gasteiger partial charge on any atom is 0.171 e. The predicted octanol–water partition coefficient (Wildman–Crippen LogP) is 4.93. The average molecular weight is 445 g/mol. The first kappa shape index (κ1) is 22.1. The molecule has 4 heteroatoms. The Labute approximate surface area is 194 Å². The molecule has 1 unspecified atom stereocenters. The van der Waals surface area contributed by atoms with Gasteiger partial charge in [-0.25, -0.2) is 0 Å². The highest BCUT2D eigenvalue weighted by Crippen LogP contribution is 2.72. The van der Waals surface area contributed by atoms with E-state index in [1.807, 2.05) is 0 Å². The van der Waals surface area contributed by atoms with E-state index in [9.17, 15) is 10.2 Å². The van der Waals surface area contributed by atoms with Gasteiger partial charge >= 0.3 is 0 Å². The summed E-state index contributed by atoms with van der Waals surface area (Å²) in [7, 11) is 0. The molecule has 0 bridgehead atoms. The Hall–Kier alpha value is -0.420. The molecule has 0 aromatic rings. The Kier molecular flexibility index (Phi) is 4.87. The van der Waals surface area contributed by atoms with Crippen LogP contribution in [0.15, 0.2) is 12.2 Å². The zero-order valence-electron chi connectivity index (χ0n) is 20.6. The molecule has 6 aliphatic rings. The summed E-state index contributed by atoms with van der Waals surface area (Å²) in [5.74, 6) is 2.77. The van der Waals surface area contributed by atoms with E-state index in [-0.39, 0.29) is 23.0 Å². The van der Waals surface area contributed by atoms with Crippen molar-refractivity contribution in [1.82, 2.24) is 0 Å². The average Bonchev–Trinajstić information content (AvgIpc) is 3.20. The minimum Gasteiger partial charge on any atom is -0.393 e. The highest BCUT2D eigenvalue weighted by molar-refractivity contribution is 5.29. The van der Waals surface area contributed by atoms with Gasteiger partial charge in [-0.1, -0.05) is 34.3 Å². The van der Waals surface area contributed by atoms with Gasteiger partial charge in [0.15, 0.2) is 5.79 Å². The second-order valence-corrected chi connectivity index (χ2v) is 13.3. The van der Waals surface area contributed by atoms with Crippen LogP contribution in [0.3, 0.4) is 0 Å². The molecule has 1 spiro atoms. The molecule has 4 saturated carbocycles. The summed E-state index contributed by atoms with van der Waals surface area (Å²) in [6.45, 7) is 14.8. The van der Waals surface area contributed by atoms with Crippen LogP contribution in [0.2, 0.25) is 0 Å². The van der Waals surface area contributed by atoms with E-state index in [1.54, 1.807) is 0 Å². The fraction of sp³-hybridized carbons (Fsp3) is 0.929. The molecule has 4 nitrogen and oxygen atoms in total. The largest absolute Gasteiger partial charge is 0.393 e. The number of ether oxygens (including phenoxy) is 2. The van der Waals surface area contributed by atoms with Gasteiger partial charge < -0.3 is 19.7 Å². The molecule has 2 heterocycles. The molecule has 0 amide bonds. The summed E-state index contributed by atoms with van der Waals surface area (Å²) in [5.41, 5.74) is 1.06. The van der Waals surface area contributed by atoms with Crippen LogP contribution in [0.1, 0.15) is 79.1 Å². The van der Waals surface area contributed by atoms with Gasteiger partial charge in [-0.15, -0.1) is 0 Å². The fourth-order valence-electron chi connectivity index (χ4n) is 10.3. The van der Waals surface area contributed by atoms with E-state index in [4.69, 9.17) is 9.47 Å². The van der Waals surface area contributed by atoms with Gasteiger partial charge in [-0.3, -0.25) is 0 Å². The number of rotatable bonds is 0. The Morgan fingerprint density at radius 1 is 1.00 bits per heavy atom. The molecule has 2 aliphatic heterocycles. The first-order chi connectivity index (χ1) is 15.1. The van der Waals surface area contributed by atoms with Crippen LogP contribution < -0.4 is 0 Å². The van der Waals surface area contributed by atoms with Gasteiger partial charge in [0, 0.05) is 23.7 Å². The van der Waals surface area contributed by atoms with Crippen molar-refractivity contribution in [3.05, 3.63) is 12.2 Å². The summed E-state index contributed by atoms with van der Waals surface area (Å²) in [6, 6.07) is 0. The highest BCUT2D eigenvalue weighted by atomic mass is 16.7. The monoisotopic (exact) mass is 444 g/mol. The maximum atomic E-state index is 12.0. The minimum atomic E-state index is -0.477. The molecular formula is C28H44O4. The molecule has 180 valence electrons. The lowest BCUT2D eigenvalue weighted by atomic mass is 9.42. The first-order valence-corrected chi connectivity index (χ1v) is 13.5. The van der Waals surface area contributed by atoms with E-state index in [2.05, 4.69) is 34.3 Å². The quantitative estimate of drug-likeness (QED) is 0.520. The number of hydrogen-bond acceptors (Lipinski definition) is 4. The Bertz CT molecular complexity index is 786. The molecule has 2 saturated heterocycles. The van der Waals surface area contributed by atoms with Crippen LogP contribution >= 0.6 is 0 Å². The van der Waals surface area contributed by atoms with Crippen molar-refractivity contribution in [2.75, 3.05) is 6.61 Å². The molecule has 2 N–H and O–H groups in total. The fourth-order valence-corrected chi connectivity index (χ4v) is 10.3. The number of aliphatic hydroxyl groups excluding tert-OH is 2. The standard InChI is InChI=1S/C28H44O4/c1-15-8-11-28(31-14-15)17(3)24-22(32-28)13-21-20-7-6-18-12-19(29)9-10-26(18,4)23(20)16(2)25(30)27(21,24)5/h15,17-25,29-30H,2,6-14H2,1,3-5H3/t15?,17-,18-,19-,20-,21-,22-,23-,24-,25+,26-,27-,28+/m0/s1. The van der Waals surface area contributed by atoms with Crippen LogP contribution in [-0.4, -0.2) is 40.9 Å². The molecular weight excluding hydrogens is 400 g/mol. The topological polar surface area (TPSA) is 58.9 Å². The lowest BCUT2D eigenvalue weighted by Crippen LogP contribution is -2.60. The van der Waals surface area contributed by atoms with Crippen LogP contribution in [0.5, 0.6) is 0 Å². The first-order valence-electron chi connectivity index (χ1n) is 13.5. The van der Waals surface area contributed by atoms with Crippen molar-refractivity contribution in [3.8, 4) is 0 Å². The number of hydrogen-bond donors (Lipinski definition) is 2. The second kappa shape index (κ2) is 7.06. The summed E-state index contributed by atoms with van der Waals surface area (Å²) >= 11 is 0. The third-order valence-electron chi connectivity index (χ3n) is 11.9. The third-order valence-corrected chi connectivity index (χ3v) is 11.9. The van der Waals surface area contributed by atoms with E-state index < -0.39 is 11.9 Å². The molecule has 13 atom stereocenters. The van der Waals surface area contributed by atoms with Gasteiger partial charge in [0.1, 0.15) is 0 Å². The summed E-state index contributed by atoms with van der Waals surface area (Å²) in [4.78, 5) is 0. The summed E-state index contributed by atoms with van der Waals surface area (Å²) in [6.07, 6.45) is 8.06. The van der Waals surface area contributed by atoms with Gasteiger partial charge in [0.05, 0.1) is 24.9 Å². The minimum absolute atomic E-state index is 0.147. The maximum absolute atomic E-state index is 12.0. The summed E-state index contributed by atoms with van der Waals surface area (Å²) < 4.78 is 13.3. The van der Waals surface area contributed by atoms with Crippen molar-refractivity contribution in [1.29, 1.82) is 0 Å². The SMILES string of the molecule is C=C1[C@@H](O)[C@]2(C)[C@@H]3[C@H](C[C@H]2[C@@H]2CC[C@H]4C[C@@H](O)CC[C@]4(C)[C@@H]12)O[C@]1(CCC(C)CO1)[C@H]3C. The molecule has 32 heavy (non-hydrogen) atoms. The Morgan fingerprint density at radius 3 is 2.50 bits per heavy atom. The highest BCUT2D eigenvalue weighted by Gasteiger charge is 2.72. The van der Waals surface area contributed by atoms with Crippen molar-refractivity contribution >= 4 is 0 Å². The van der Waals surface area contributed by atoms with Crippen LogP contribution in [0.25, 0.3) is 0 Å². The van der Waals surface area contributed by atoms with Crippen LogP contribution in [-0.2, 0) is 9.47 Å². The van der Waals surface area contributed by atoms with Gasteiger partial charge in [0.25, 0.3) is 0 Å². The van der Waals surface area contributed by atoms with E-state index in [0.29, 0.717) is 41.4 Å². The van der Waals surface area contributed by atoms with Gasteiger partial charge in [-0.05, 0) is 85.5 Å². The second-order valence-electron chi connectivity index (χ2n) is 13.3. The predicted molar refractivity (Wildman–Crippen MR) is 124 cm³/mol.